The van der Waals surface area contributed by atoms with Crippen molar-refractivity contribution in [2.24, 2.45) is 0 Å². The predicted octanol–water partition coefficient (Wildman–Crippen LogP) is 3.51. The standard InChI is InChI=1S/C14H13NO3S2/c1-18-13(17)11-8-10(14(19-2)20-11)15-12(16)9-6-4-3-5-7-9/h3-8H,1-2H3,(H,15,16). The lowest BCUT2D eigenvalue weighted by Gasteiger charge is -2.04. The van der Waals surface area contributed by atoms with E-state index < -0.39 is 5.97 Å². The summed E-state index contributed by atoms with van der Waals surface area (Å²) in [6.45, 7) is 0. The van der Waals surface area contributed by atoms with E-state index in [4.69, 9.17) is 0 Å². The lowest BCUT2D eigenvalue weighted by atomic mass is 10.2. The van der Waals surface area contributed by atoms with Crippen molar-refractivity contribution in [2.75, 3.05) is 18.7 Å². The second kappa shape index (κ2) is 6.58. The van der Waals surface area contributed by atoms with Gasteiger partial charge in [0.2, 0.25) is 0 Å². The molecular formula is C14H13NO3S2. The first kappa shape index (κ1) is 14.6. The molecule has 0 unspecified atom stereocenters. The van der Waals surface area contributed by atoms with Crippen LogP contribution in [0, 0.1) is 0 Å². The van der Waals surface area contributed by atoms with E-state index in [1.54, 1.807) is 30.3 Å². The number of thioether (sulfide) groups is 1. The number of methoxy groups -OCH3 is 1. The summed E-state index contributed by atoms with van der Waals surface area (Å²) in [4.78, 5) is 24.1. The summed E-state index contributed by atoms with van der Waals surface area (Å²) in [6, 6.07) is 10.6. The fourth-order valence-electron chi connectivity index (χ4n) is 1.60. The molecule has 1 aromatic heterocycles. The number of carbonyl (C=O) groups is 2. The zero-order chi connectivity index (χ0) is 14.5. The van der Waals surface area contributed by atoms with Crippen LogP contribution < -0.4 is 5.32 Å². The smallest absolute Gasteiger partial charge is 0.348 e. The maximum absolute atomic E-state index is 12.1. The fraction of sp³-hybridized carbons (Fsp3) is 0.143. The third-order valence-corrected chi connectivity index (χ3v) is 4.80. The van der Waals surface area contributed by atoms with Crippen molar-refractivity contribution in [3.63, 3.8) is 0 Å². The summed E-state index contributed by atoms with van der Waals surface area (Å²) in [6.07, 6.45) is 1.89. The number of amides is 1. The van der Waals surface area contributed by atoms with Crippen molar-refractivity contribution in [3.05, 3.63) is 46.8 Å². The number of nitrogens with one attached hydrogen (secondary N) is 1. The zero-order valence-corrected chi connectivity index (χ0v) is 12.6. The summed E-state index contributed by atoms with van der Waals surface area (Å²) < 4.78 is 5.56. The first-order valence-corrected chi connectivity index (χ1v) is 7.82. The van der Waals surface area contributed by atoms with Gasteiger partial charge in [0.1, 0.15) is 4.88 Å². The topological polar surface area (TPSA) is 55.4 Å². The molecule has 0 spiro atoms. The van der Waals surface area contributed by atoms with E-state index in [-0.39, 0.29) is 5.91 Å². The maximum atomic E-state index is 12.1. The van der Waals surface area contributed by atoms with Gasteiger partial charge in [-0.15, -0.1) is 23.1 Å². The molecule has 6 heteroatoms. The molecule has 0 atom stereocenters. The van der Waals surface area contributed by atoms with E-state index in [2.05, 4.69) is 10.1 Å². The quantitative estimate of drug-likeness (QED) is 0.694. The predicted molar refractivity (Wildman–Crippen MR) is 81.8 cm³/mol. The highest BCUT2D eigenvalue weighted by Crippen LogP contribution is 2.35. The molecule has 104 valence electrons. The zero-order valence-electron chi connectivity index (χ0n) is 11.0. The Bertz CT molecular complexity index is 623. The lowest BCUT2D eigenvalue weighted by Crippen LogP contribution is -2.11. The molecule has 2 aromatic rings. The molecule has 0 saturated heterocycles. The average Bonchev–Trinajstić information content (AvgIpc) is 2.90. The van der Waals surface area contributed by atoms with E-state index in [0.29, 0.717) is 16.1 Å². The second-order valence-corrected chi connectivity index (χ2v) is 5.95. The molecule has 20 heavy (non-hydrogen) atoms. The highest BCUT2D eigenvalue weighted by atomic mass is 32.2. The minimum atomic E-state index is -0.398. The van der Waals surface area contributed by atoms with Crippen molar-refractivity contribution in [3.8, 4) is 0 Å². The SMILES string of the molecule is COC(=O)c1cc(NC(=O)c2ccccc2)c(SC)s1. The molecule has 1 amide bonds. The maximum Gasteiger partial charge on any atom is 0.348 e. The van der Waals surface area contributed by atoms with Gasteiger partial charge in [0, 0.05) is 5.56 Å². The molecular weight excluding hydrogens is 294 g/mol. The van der Waals surface area contributed by atoms with Gasteiger partial charge in [0.25, 0.3) is 5.91 Å². The third kappa shape index (κ3) is 3.20. The average molecular weight is 307 g/mol. The van der Waals surface area contributed by atoms with Crippen LogP contribution in [0.25, 0.3) is 0 Å². The Morgan fingerprint density at radius 2 is 1.95 bits per heavy atom. The number of esters is 1. The molecule has 1 heterocycles. The van der Waals surface area contributed by atoms with Gasteiger partial charge in [-0.3, -0.25) is 4.79 Å². The van der Waals surface area contributed by atoms with Gasteiger partial charge in [0.15, 0.2) is 0 Å². The normalized spacial score (nSPS) is 10.1. The number of ether oxygens (including phenoxy) is 1. The molecule has 1 N–H and O–H groups in total. The number of anilines is 1. The van der Waals surface area contributed by atoms with Crippen LogP contribution in [0.15, 0.2) is 40.6 Å². The molecule has 0 fully saturated rings. The summed E-state index contributed by atoms with van der Waals surface area (Å²) in [7, 11) is 1.34. The number of rotatable bonds is 4. The van der Waals surface area contributed by atoms with Gasteiger partial charge in [-0.25, -0.2) is 4.79 Å². The Labute approximate surface area is 125 Å². The van der Waals surface area contributed by atoms with Crippen molar-refractivity contribution in [2.45, 2.75) is 4.21 Å². The molecule has 2 rings (SSSR count). The molecule has 1 aromatic carbocycles. The third-order valence-electron chi connectivity index (χ3n) is 2.55. The van der Waals surface area contributed by atoms with Crippen LogP contribution in [-0.4, -0.2) is 25.2 Å². The fourth-order valence-corrected chi connectivity index (χ4v) is 3.29. The molecule has 0 aliphatic rings. The van der Waals surface area contributed by atoms with Crippen LogP contribution in [0.1, 0.15) is 20.0 Å². The number of benzene rings is 1. The van der Waals surface area contributed by atoms with Crippen molar-refractivity contribution < 1.29 is 14.3 Å². The van der Waals surface area contributed by atoms with Crippen LogP contribution >= 0.6 is 23.1 Å². The van der Waals surface area contributed by atoms with Gasteiger partial charge in [-0.05, 0) is 24.5 Å². The lowest BCUT2D eigenvalue weighted by molar-refractivity contribution is 0.0606. The summed E-state index contributed by atoms with van der Waals surface area (Å²) >= 11 is 2.78. The highest BCUT2D eigenvalue weighted by Gasteiger charge is 2.16. The van der Waals surface area contributed by atoms with Gasteiger partial charge in [0.05, 0.1) is 17.0 Å². The van der Waals surface area contributed by atoms with Crippen LogP contribution in [0.4, 0.5) is 5.69 Å². The second-order valence-electron chi connectivity index (χ2n) is 3.83. The Morgan fingerprint density at radius 1 is 1.25 bits per heavy atom. The Hall–Kier alpha value is -1.79. The number of thiophene rings is 1. The summed E-state index contributed by atoms with van der Waals surface area (Å²) in [5.74, 6) is -0.597. The first-order chi connectivity index (χ1) is 9.65. The Balaban J connectivity index is 2.22. The van der Waals surface area contributed by atoms with E-state index in [1.807, 2.05) is 12.3 Å². The highest BCUT2D eigenvalue weighted by molar-refractivity contribution is 8.00. The largest absolute Gasteiger partial charge is 0.465 e. The molecule has 0 bridgehead atoms. The van der Waals surface area contributed by atoms with E-state index in [0.717, 1.165) is 4.21 Å². The summed E-state index contributed by atoms with van der Waals surface area (Å²) in [5, 5.41) is 2.82. The van der Waals surface area contributed by atoms with Gasteiger partial charge >= 0.3 is 5.97 Å². The molecule has 0 aliphatic carbocycles. The van der Waals surface area contributed by atoms with Gasteiger partial charge in [-0.2, -0.15) is 0 Å². The summed E-state index contributed by atoms with van der Waals surface area (Å²) in [5.41, 5.74) is 1.21. The molecule has 4 nitrogen and oxygen atoms in total. The minimum absolute atomic E-state index is 0.199. The van der Waals surface area contributed by atoms with Crippen LogP contribution in [-0.2, 0) is 4.74 Å². The van der Waals surface area contributed by atoms with Gasteiger partial charge < -0.3 is 10.1 Å². The monoisotopic (exact) mass is 307 g/mol. The van der Waals surface area contributed by atoms with E-state index in [1.165, 1.54) is 30.2 Å². The number of hydrogen-bond acceptors (Lipinski definition) is 5. The minimum Gasteiger partial charge on any atom is -0.465 e. The molecule has 0 saturated carbocycles. The number of hydrogen-bond donors (Lipinski definition) is 1. The number of carbonyl (C=O) groups excluding carboxylic acids is 2. The van der Waals surface area contributed by atoms with E-state index in [9.17, 15) is 9.59 Å². The molecule has 0 aliphatic heterocycles. The van der Waals surface area contributed by atoms with E-state index >= 15 is 0 Å². The first-order valence-electron chi connectivity index (χ1n) is 5.78. The Morgan fingerprint density at radius 3 is 2.55 bits per heavy atom. The van der Waals surface area contributed by atoms with Crippen molar-refractivity contribution >= 4 is 40.7 Å². The van der Waals surface area contributed by atoms with Crippen LogP contribution in [0.3, 0.4) is 0 Å². The Kier molecular flexibility index (Phi) is 4.81. The van der Waals surface area contributed by atoms with Crippen LogP contribution in [0.2, 0.25) is 0 Å². The van der Waals surface area contributed by atoms with Crippen LogP contribution in [0.5, 0.6) is 0 Å². The van der Waals surface area contributed by atoms with Crippen molar-refractivity contribution in [1.29, 1.82) is 0 Å². The molecule has 0 radical (unpaired) electrons. The van der Waals surface area contributed by atoms with Crippen molar-refractivity contribution in [1.82, 2.24) is 0 Å². The van der Waals surface area contributed by atoms with Gasteiger partial charge in [-0.1, -0.05) is 18.2 Å².